The summed E-state index contributed by atoms with van der Waals surface area (Å²) in [6.45, 7) is 3.01. The van der Waals surface area contributed by atoms with E-state index in [4.69, 9.17) is 4.98 Å². The Hall–Kier alpha value is -2.99. The highest BCUT2D eigenvalue weighted by atomic mass is 16.1. The molecule has 2 heterocycles. The lowest BCUT2D eigenvalue weighted by molar-refractivity contribution is -0.122. The van der Waals surface area contributed by atoms with Crippen LogP contribution in [0.4, 0.5) is 0 Å². The maximum Gasteiger partial charge on any atom is 0.261 e. The summed E-state index contributed by atoms with van der Waals surface area (Å²) in [6.07, 6.45) is 5.24. The van der Waals surface area contributed by atoms with E-state index < -0.39 is 0 Å². The summed E-state index contributed by atoms with van der Waals surface area (Å²) in [5, 5.41) is 3.91. The molecule has 2 fully saturated rings. The van der Waals surface area contributed by atoms with Gasteiger partial charge in [0.05, 0.1) is 16.9 Å². The van der Waals surface area contributed by atoms with E-state index in [0.29, 0.717) is 23.7 Å². The van der Waals surface area contributed by atoms with Crippen LogP contribution in [0.15, 0.2) is 59.4 Å². The Bertz CT molecular complexity index is 1150. The van der Waals surface area contributed by atoms with Gasteiger partial charge in [-0.05, 0) is 56.5 Å². The fourth-order valence-electron chi connectivity index (χ4n) is 4.71. The highest BCUT2D eigenvalue weighted by molar-refractivity contribution is 5.78. The molecular weight excluding hydrogens is 400 g/mol. The molecule has 166 valence electrons. The van der Waals surface area contributed by atoms with Crippen molar-refractivity contribution in [3.05, 3.63) is 76.3 Å². The lowest BCUT2D eigenvalue weighted by Gasteiger charge is -2.25. The molecule has 0 bridgehead atoms. The molecule has 1 N–H and O–H groups in total. The Morgan fingerprint density at radius 1 is 1.03 bits per heavy atom. The van der Waals surface area contributed by atoms with Crippen LogP contribution in [0.5, 0.6) is 0 Å². The van der Waals surface area contributed by atoms with Gasteiger partial charge in [-0.3, -0.25) is 14.2 Å². The molecule has 2 aliphatic rings. The number of aromatic nitrogens is 2. The summed E-state index contributed by atoms with van der Waals surface area (Å²) in [6, 6.07) is 17.9. The van der Waals surface area contributed by atoms with E-state index in [9.17, 15) is 9.59 Å². The van der Waals surface area contributed by atoms with E-state index >= 15 is 0 Å². The van der Waals surface area contributed by atoms with Gasteiger partial charge in [0.25, 0.3) is 5.56 Å². The molecule has 1 amide bonds. The third kappa shape index (κ3) is 4.60. The minimum absolute atomic E-state index is 0.00260. The zero-order valence-electron chi connectivity index (χ0n) is 18.4. The second-order valence-corrected chi connectivity index (χ2v) is 8.99. The average molecular weight is 431 g/mol. The van der Waals surface area contributed by atoms with Gasteiger partial charge < -0.3 is 10.2 Å². The number of aryl methyl sites for hydroxylation is 1. The molecule has 6 heteroatoms. The van der Waals surface area contributed by atoms with Crippen LogP contribution in [0, 0.1) is 0 Å². The number of benzene rings is 2. The molecule has 5 rings (SSSR count). The molecule has 1 aromatic heterocycles. The normalized spacial score (nSPS) is 17.5. The SMILES string of the molecule is O=C(CCc1nc2ccccc2c(=O)n1C1CC1)NC(CN1CCCC1)c1ccccc1. The number of fused-ring (bicyclic) bond motifs is 1. The molecule has 2 aromatic carbocycles. The second kappa shape index (κ2) is 9.25. The Balaban J connectivity index is 1.32. The molecule has 1 unspecified atom stereocenters. The van der Waals surface area contributed by atoms with Crippen LogP contribution in [0.2, 0.25) is 0 Å². The minimum atomic E-state index is -0.0306. The molecule has 3 aromatic rings. The van der Waals surface area contributed by atoms with Crippen LogP contribution in [0.1, 0.15) is 55.6 Å². The van der Waals surface area contributed by atoms with Gasteiger partial charge in [0.2, 0.25) is 5.91 Å². The Labute approximate surface area is 188 Å². The van der Waals surface area contributed by atoms with Crippen molar-refractivity contribution in [1.29, 1.82) is 0 Å². The van der Waals surface area contributed by atoms with Gasteiger partial charge in [-0.25, -0.2) is 4.98 Å². The van der Waals surface area contributed by atoms with Crippen LogP contribution in [-0.2, 0) is 11.2 Å². The van der Waals surface area contributed by atoms with Gasteiger partial charge in [-0.2, -0.15) is 0 Å². The fraction of sp³-hybridized carbons (Fsp3) is 0.423. The van der Waals surface area contributed by atoms with E-state index in [1.54, 1.807) is 0 Å². The lowest BCUT2D eigenvalue weighted by Crippen LogP contribution is -2.37. The first-order valence-electron chi connectivity index (χ1n) is 11.8. The number of amides is 1. The molecule has 1 saturated heterocycles. The number of likely N-dealkylation sites (tertiary alicyclic amines) is 1. The molecule has 1 aliphatic heterocycles. The summed E-state index contributed by atoms with van der Waals surface area (Å²) in [5.41, 5.74) is 1.86. The van der Waals surface area contributed by atoms with E-state index in [-0.39, 0.29) is 23.6 Å². The van der Waals surface area contributed by atoms with Crippen molar-refractivity contribution < 1.29 is 4.79 Å². The molecule has 1 atom stereocenters. The monoisotopic (exact) mass is 430 g/mol. The Morgan fingerprint density at radius 2 is 1.75 bits per heavy atom. The van der Waals surface area contributed by atoms with Gasteiger partial charge in [-0.15, -0.1) is 0 Å². The maximum atomic E-state index is 13.0. The summed E-state index contributed by atoms with van der Waals surface area (Å²) in [4.78, 5) is 33.2. The van der Waals surface area contributed by atoms with Crippen molar-refractivity contribution in [3.63, 3.8) is 0 Å². The molecule has 0 spiro atoms. The zero-order valence-corrected chi connectivity index (χ0v) is 18.4. The first kappa shape index (κ1) is 20.9. The highest BCUT2D eigenvalue weighted by Gasteiger charge is 2.28. The van der Waals surface area contributed by atoms with Crippen LogP contribution >= 0.6 is 0 Å². The summed E-state index contributed by atoms with van der Waals surface area (Å²) >= 11 is 0. The predicted octanol–water partition coefficient (Wildman–Crippen LogP) is 3.62. The van der Waals surface area contributed by atoms with Gasteiger partial charge in [0.1, 0.15) is 5.82 Å². The first-order chi connectivity index (χ1) is 15.7. The van der Waals surface area contributed by atoms with Crippen molar-refractivity contribution in [2.24, 2.45) is 0 Å². The molecule has 6 nitrogen and oxygen atoms in total. The third-order valence-corrected chi connectivity index (χ3v) is 6.55. The number of para-hydroxylation sites is 1. The largest absolute Gasteiger partial charge is 0.348 e. The Morgan fingerprint density at radius 3 is 2.50 bits per heavy atom. The van der Waals surface area contributed by atoms with Gasteiger partial charge in [0.15, 0.2) is 0 Å². The lowest BCUT2D eigenvalue weighted by atomic mass is 10.1. The number of hydrogen-bond acceptors (Lipinski definition) is 4. The molecule has 1 saturated carbocycles. The first-order valence-corrected chi connectivity index (χ1v) is 11.8. The van der Waals surface area contributed by atoms with Crippen LogP contribution < -0.4 is 10.9 Å². The van der Waals surface area contributed by atoms with Gasteiger partial charge in [0, 0.05) is 25.4 Å². The summed E-state index contributed by atoms with van der Waals surface area (Å²) in [5.74, 6) is 0.727. The topological polar surface area (TPSA) is 67.2 Å². The number of rotatable bonds is 8. The molecule has 0 radical (unpaired) electrons. The number of nitrogens with one attached hydrogen (secondary N) is 1. The number of nitrogens with zero attached hydrogens (tertiary/aromatic N) is 3. The predicted molar refractivity (Wildman–Crippen MR) is 126 cm³/mol. The highest BCUT2D eigenvalue weighted by Crippen LogP contribution is 2.35. The summed E-state index contributed by atoms with van der Waals surface area (Å²) in [7, 11) is 0. The van der Waals surface area contributed by atoms with Crippen LogP contribution in [0.3, 0.4) is 0 Å². The Kier molecular flexibility index (Phi) is 6.04. The molecule has 1 aliphatic carbocycles. The van der Waals surface area contributed by atoms with Crippen molar-refractivity contribution in [2.75, 3.05) is 19.6 Å². The van der Waals surface area contributed by atoms with Crippen molar-refractivity contribution >= 4 is 16.8 Å². The van der Waals surface area contributed by atoms with Crippen molar-refractivity contribution in [2.45, 2.75) is 50.6 Å². The summed E-state index contributed by atoms with van der Waals surface area (Å²) < 4.78 is 1.83. The van der Waals surface area contributed by atoms with Crippen LogP contribution in [0.25, 0.3) is 10.9 Å². The number of hydrogen-bond donors (Lipinski definition) is 1. The second-order valence-electron chi connectivity index (χ2n) is 8.99. The zero-order chi connectivity index (χ0) is 21.9. The number of carbonyl (C=O) groups is 1. The van der Waals surface area contributed by atoms with Gasteiger partial charge in [-0.1, -0.05) is 42.5 Å². The van der Waals surface area contributed by atoms with Gasteiger partial charge >= 0.3 is 0 Å². The van der Waals surface area contributed by atoms with E-state index in [0.717, 1.165) is 43.9 Å². The van der Waals surface area contributed by atoms with E-state index in [1.165, 1.54) is 12.8 Å². The van der Waals surface area contributed by atoms with E-state index in [2.05, 4.69) is 22.3 Å². The van der Waals surface area contributed by atoms with E-state index in [1.807, 2.05) is 47.0 Å². The molecule has 32 heavy (non-hydrogen) atoms. The van der Waals surface area contributed by atoms with Crippen molar-refractivity contribution in [1.82, 2.24) is 19.8 Å². The quantitative estimate of drug-likeness (QED) is 0.593. The standard InChI is InChI=1S/C26H30N4O2/c31-25(28-23(18-29-16-6-7-17-29)19-8-2-1-3-9-19)15-14-24-27-22-11-5-4-10-21(22)26(32)30(24)20-12-13-20/h1-5,8-11,20,23H,6-7,12-18H2,(H,28,31). The average Bonchev–Trinajstić information content (AvgIpc) is 3.52. The minimum Gasteiger partial charge on any atom is -0.348 e. The smallest absolute Gasteiger partial charge is 0.261 e. The van der Waals surface area contributed by atoms with Crippen molar-refractivity contribution in [3.8, 4) is 0 Å². The molecular formula is C26H30N4O2. The number of carbonyl (C=O) groups excluding carboxylic acids is 1. The van der Waals surface area contributed by atoms with Crippen LogP contribution in [-0.4, -0.2) is 40.0 Å². The third-order valence-electron chi connectivity index (χ3n) is 6.55. The fourth-order valence-corrected chi connectivity index (χ4v) is 4.71. The maximum absolute atomic E-state index is 13.0.